The van der Waals surface area contributed by atoms with Crippen molar-refractivity contribution in [1.29, 1.82) is 5.26 Å². The first kappa shape index (κ1) is 20.6. The first-order valence-electron chi connectivity index (χ1n) is 8.76. The Morgan fingerprint density at radius 2 is 1.75 bits per heavy atom. The average Bonchev–Trinajstić information content (AvgIpc) is 2.69. The number of hydrogen-bond donors (Lipinski definition) is 0. The second kappa shape index (κ2) is 8.91. The molecule has 0 bridgehead atoms. The number of rotatable bonds is 7. The number of benzene rings is 2. The lowest BCUT2D eigenvalue weighted by atomic mass is 10.2. The summed E-state index contributed by atoms with van der Waals surface area (Å²) in [5.41, 5.74) is 1.41. The zero-order chi connectivity index (χ0) is 20.1. The molecule has 2 aromatic carbocycles. The first-order chi connectivity index (χ1) is 13.5. The van der Waals surface area contributed by atoms with Gasteiger partial charge < -0.3 is 0 Å². The topological polar surface area (TPSA) is 83.7 Å². The van der Waals surface area contributed by atoms with Crippen molar-refractivity contribution in [3.8, 4) is 6.07 Å². The van der Waals surface area contributed by atoms with Gasteiger partial charge in [0.15, 0.2) is 15.1 Å². The van der Waals surface area contributed by atoms with Gasteiger partial charge in [0.25, 0.3) is 0 Å². The number of nitriles is 1. The summed E-state index contributed by atoms with van der Waals surface area (Å²) in [5.74, 6) is 0.773. The Balaban J connectivity index is 2.13. The van der Waals surface area contributed by atoms with Crippen molar-refractivity contribution in [3.63, 3.8) is 0 Å². The SMILES string of the molecule is CCCCSc1nc2ccccc2nc1C(C#N)S(=O)(=O)c1ccc(Cl)cc1. The van der Waals surface area contributed by atoms with Crippen LogP contribution in [0.25, 0.3) is 11.0 Å². The molecule has 0 fully saturated rings. The van der Waals surface area contributed by atoms with Gasteiger partial charge >= 0.3 is 0 Å². The van der Waals surface area contributed by atoms with Crippen LogP contribution < -0.4 is 0 Å². The Morgan fingerprint density at radius 3 is 2.36 bits per heavy atom. The zero-order valence-electron chi connectivity index (χ0n) is 15.2. The maximum absolute atomic E-state index is 13.2. The van der Waals surface area contributed by atoms with E-state index in [2.05, 4.69) is 16.9 Å². The molecule has 3 aromatic rings. The third-order valence-electron chi connectivity index (χ3n) is 4.12. The molecular weight excluding hydrogens is 414 g/mol. The Kier molecular flexibility index (Phi) is 6.55. The van der Waals surface area contributed by atoms with Gasteiger partial charge in [-0.3, -0.25) is 0 Å². The van der Waals surface area contributed by atoms with E-state index in [0.29, 0.717) is 21.1 Å². The summed E-state index contributed by atoms with van der Waals surface area (Å²) in [6, 6.07) is 15.0. The van der Waals surface area contributed by atoms with E-state index in [0.717, 1.165) is 18.6 Å². The summed E-state index contributed by atoms with van der Waals surface area (Å²) in [6.45, 7) is 2.08. The third-order valence-corrected chi connectivity index (χ3v) is 7.32. The van der Waals surface area contributed by atoms with E-state index in [1.54, 1.807) is 12.1 Å². The summed E-state index contributed by atoms with van der Waals surface area (Å²) in [4.78, 5) is 9.15. The van der Waals surface area contributed by atoms with E-state index < -0.39 is 15.1 Å². The molecule has 5 nitrogen and oxygen atoms in total. The predicted octanol–water partition coefficient (Wildman–Crippen LogP) is 5.21. The highest BCUT2D eigenvalue weighted by Crippen LogP contribution is 2.34. The van der Waals surface area contributed by atoms with Crippen LogP contribution in [0.3, 0.4) is 0 Å². The summed E-state index contributed by atoms with van der Waals surface area (Å²) >= 11 is 7.30. The van der Waals surface area contributed by atoms with Gasteiger partial charge in [-0.05, 0) is 48.6 Å². The van der Waals surface area contributed by atoms with Crippen LogP contribution in [0.1, 0.15) is 30.7 Å². The van der Waals surface area contributed by atoms with Gasteiger partial charge in [-0.2, -0.15) is 5.26 Å². The van der Waals surface area contributed by atoms with Crippen LogP contribution in [0.4, 0.5) is 0 Å². The van der Waals surface area contributed by atoms with Crippen molar-refractivity contribution in [2.45, 2.75) is 34.9 Å². The lowest BCUT2D eigenvalue weighted by Gasteiger charge is -2.15. The Morgan fingerprint density at radius 1 is 1.11 bits per heavy atom. The fraction of sp³-hybridized carbons (Fsp3) is 0.250. The molecule has 0 radical (unpaired) electrons. The molecule has 0 N–H and O–H groups in total. The normalized spacial score (nSPS) is 12.6. The van der Waals surface area contributed by atoms with Gasteiger partial charge in [-0.1, -0.05) is 37.1 Å². The highest BCUT2D eigenvalue weighted by Gasteiger charge is 2.33. The highest BCUT2D eigenvalue weighted by molar-refractivity contribution is 7.99. The molecule has 0 spiro atoms. The second-order valence-electron chi connectivity index (χ2n) is 6.11. The number of aromatic nitrogens is 2. The van der Waals surface area contributed by atoms with Crippen molar-refractivity contribution in [2.24, 2.45) is 0 Å². The fourth-order valence-electron chi connectivity index (χ4n) is 2.63. The molecule has 8 heteroatoms. The number of para-hydroxylation sites is 2. The van der Waals surface area contributed by atoms with Gasteiger partial charge in [-0.15, -0.1) is 11.8 Å². The summed E-state index contributed by atoms with van der Waals surface area (Å²) < 4.78 is 26.3. The van der Waals surface area contributed by atoms with Crippen LogP contribution in [0.2, 0.25) is 5.02 Å². The quantitative estimate of drug-likeness (QED) is 0.377. The maximum Gasteiger partial charge on any atom is 0.200 e. The van der Waals surface area contributed by atoms with Crippen molar-refractivity contribution in [2.75, 3.05) is 5.75 Å². The number of thioether (sulfide) groups is 1. The predicted molar refractivity (Wildman–Crippen MR) is 112 cm³/mol. The Labute approximate surface area is 173 Å². The smallest absolute Gasteiger partial charge is 0.200 e. The molecule has 0 aliphatic carbocycles. The van der Waals surface area contributed by atoms with Crippen LogP contribution >= 0.6 is 23.4 Å². The van der Waals surface area contributed by atoms with E-state index in [9.17, 15) is 13.7 Å². The van der Waals surface area contributed by atoms with Gasteiger partial charge in [0, 0.05) is 5.02 Å². The number of unbranched alkanes of at least 4 members (excludes halogenated alkanes) is 1. The van der Waals surface area contributed by atoms with Gasteiger partial charge in [0.2, 0.25) is 0 Å². The third kappa shape index (κ3) is 4.30. The molecule has 1 heterocycles. The summed E-state index contributed by atoms with van der Waals surface area (Å²) in [6.07, 6.45) is 1.97. The molecule has 0 saturated heterocycles. The van der Waals surface area contributed by atoms with Crippen LogP contribution in [0.5, 0.6) is 0 Å². The first-order valence-corrected chi connectivity index (χ1v) is 11.7. The van der Waals surface area contributed by atoms with E-state index in [1.807, 2.05) is 18.2 Å². The van der Waals surface area contributed by atoms with Gasteiger partial charge in [-0.25, -0.2) is 18.4 Å². The summed E-state index contributed by atoms with van der Waals surface area (Å²) in [7, 11) is -3.98. The number of sulfone groups is 1. The number of nitrogens with zero attached hydrogens (tertiary/aromatic N) is 3. The van der Waals surface area contributed by atoms with E-state index in [1.165, 1.54) is 36.0 Å². The van der Waals surface area contributed by atoms with Crippen LogP contribution in [-0.2, 0) is 9.84 Å². The van der Waals surface area contributed by atoms with Crippen LogP contribution in [0.15, 0.2) is 58.5 Å². The standard InChI is InChI=1S/C20H18ClN3O2S2/c1-2-3-12-27-20-19(23-16-6-4-5-7-17(16)24-20)18(13-22)28(25,26)15-10-8-14(21)9-11-15/h4-11,18H,2-3,12H2,1H3. The molecule has 1 atom stereocenters. The minimum atomic E-state index is -3.98. The fourth-order valence-corrected chi connectivity index (χ4v) is 5.31. The van der Waals surface area contributed by atoms with E-state index in [4.69, 9.17) is 11.6 Å². The molecule has 1 aromatic heterocycles. The Bertz CT molecular complexity index is 1130. The lowest BCUT2D eigenvalue weighted by molar-refractivity contribution is 0.589. The highest BCUT2D eigenvalue weighted by atomic mass is 35.5. The molecule has 0 saturated carbocycles. The molecule has 0 aliphatic rings. The average molecular weight is 432 g/mol. The molecular formula is C20H18ClN3O2S2. The van der Waals surface area contributed by atoms with Gasteiger partial charge in [0.05, 0.1) is 22.0 Å². The van der Waals surface area contributed by atoms with Crippen LogP contribution in [-0.4, -0.2) is 24.1 Å². The molecule has 1 unspecified atom stereocenters. The number of hydrogen-bond acceptors (Lipinski definition) is 6. The van der Waals surface area contributed by atoms with E-state index in [-0.39, 0.29) is 10.6 Å². The van der Waals surface area contributed by atoms with E-state index >= 15 is 0 Å². The van der Waals surface area contributed by atoms with Crippen molar-refractivity contribution in [3.05, 3.63) is 59.2 Å². The minimum absolute atomic E-state index is 0.0305. The second-order valence-corrected chi connectivity index (χ2v) is 9.67. The van der Waals surface area contributed by atoms with Crippen molar-refractivity contribution < 1.29 is 8.42 Å². The minimum Gasteiger partial charge on any atom is -0.246 e. The monoisotopic (exact) mass is 431 g/mol. The number of fused-ring (bicyclic) bond motifs is 1. The number of halogens is 1. The Hall–Kier alpha value is -2.14. The lowest BCUT2D eigenvalue weighted by Crippen LogP contribution is -2.15. The van der Waals surface area contributed by atoms with Gasteiger partial charge in [0.1, 0.15) is 10.7 Å². The summed E-state index contributed by atoms with van der Waals surface area (Å²) in [5, 5.41) is 9.23. The van der Waals surface area contributed by atoms with Crippen molar-refractivity contribution in [1.82, 2.24) is 9.97 Å². The largest absolute Gasteiger partial charge is 0.246 e. The molecule has 28 heavy (non-hydrogen) atoms. The maximum atomic E-state index is 13.2. The zero-order valence-corrected chi connectivity index (χ0v) is 17.6. The van der Waals surface area contributed by atoms with Crippen LogP contribution in [0, 0.1) is 11.3 Å². The molecule has 0 amide bonds. The molecule has 0 aliphatic heterocycles. The van der Waals surface area contributed by atoms with Crippen molar-refractivity contribution >= 4 is 44.2 Å². The molecule has 3 rings (SSSR count). The molecule has 144 valence electrons.